The summed E-state index contributed by atoms with van der Waals surface area (Å²) >= 11 is 0. The summed E-state index contributed by atoms with van der Waals surface area (Å²) in [5, 5.41) is 0. The number of hydrazine groups is 1. The molecule has 0 saturated heterocycles. The van der Waals surface area contributed by atoms with E-state index in [0.717, 1.165) is 0 Å². The average molecular weight is 258 g/mol. The van der Waals surface area contributed by atoms with Gasteiger partial charge in [-0.25, -0.2) is 8.78 Å². The smallest absolute Gasteiger partial charge is 0.133 e. The topological polar surface area (TPSA) is 47.3 Å². The van der Waals surface area contributed by atoms with Gasteiger partial charge in [-0.2, -0.15) is 0 Å². The van der Waals surface area contributed by atoms with Crippen molar-refractivity contribution in [2.75, 3.05) is 7.11 Å². The van der Waals surface area contributed by atoms with Gasteiger partial charge in [-0.15, -0.1) is 0 Å². The molecule has 3 N–H and O–H groups in total. The molecule has 1 aromatic carbocycles. The summed E-state index contributed by atoms with van der Waals surface area (Å²) < 4.78 is 32.8. The zero-order valence-electron chi connectivity index (χ0n) is 11.0. The minimum Gasteiger partial charge on any atom is -0.382 e. The molecule has 0 bridgehead atoms. The van der Waals surface area contributed by atoms with Gasteiger partial charge < -0.3 is 4.74 Å². The quantitative estimate of drug-likeness (QED) is 0.609. The second kappa shape index (κ2) is 6.78. The van der Waals surface area contributed by atoms with Crippen molar-refractivity contribution < 1.29 is 13.5 Å². The van der Waals surface area contributed by atoms with Gasteiger partial charge in [-0.1, -0.05) is 6.07 Å². The summed E-state index contributed by atoms with van der Waals surface area (Å²) in [5.41, 5.74) is 2.88. The second-order valence-corrected chi connectivity index (χ2v) is 4.43. The highest BCUT2D eigenvalue weighted by atomic mass is 19.1. The number of hydrogen-bond donors (Lipinski definition) is 2. The molecule has 18 heavy (non-hydrogen) atoms. The molecule has 0 spiro atoms. The summed E-state index contributed by atoms with van der Waals surface area (Å²) in [6.45, 7) is 3.50. The number of nitrogens with one attached hydrogen (secondary N) is 1. The minimum atomic E-state index is -0.578. The maximum absolute atomic E-state index is 13.9. The van der Waals surface area contributed by atoms with Crippen LogP contribution in [-0.4, -0.2) is 13.2 Å². The molecule has 0 radical (unpaired) electrons. The van der Waals surface area contributed by atoms with Crippen LogP contribution in [0.3, 0.4) is 0 Å². The summed E-state index contributed by atoms with van der Waals surface area (Å²) in [7, 11) is 1.60. The molecule has 0 aromatic heterocycles. The Morgan fingerprint density at radius 1 is 1.33 bits per heavy atom. The van der Waals surface area contributed by atoms with Crippen molar-refractivity contribution in [3.63, 3.8) is 0 Å². The van der Waals surface area contributed by atoms with E-state index in [1.54, 1.807) is 14.0 Å². The minimum absolute atomic E-state index is 0.000744. The number of ether oxygens (including phenoxy) is 1. The highest BCUT2D eigenvalue weighted by Crippen LogP contribution is 2.26. The zero-order valence-corrected chi connectivity index (χ0v) is 11.0. The first-order chi connectivity index (χ1) is 8.51. The molecule has 102 valence electrons. The molecule has 0 aliphatic carbocycles. The highest BCUT2D eigenvalue weighted by molar-refractivity contribution is 5.29. The van der Waals surface area contributed by atoms with Gasteiger partial charge in [0.05, 0.1) is 12.1 Å². The first kappa shape index (κ1) is 15.0. The molecule has 0 fully saturated rings. The Morgan fingerprint density at radius 2 is 2.00 bits per heavy atom. The Labute approximate surface area is 106 Å². The number of benzene rings is 1. The molecule has 0 aliphatic heterocycles. The lowest BCUT2D eigenvalue weighted by Crippen LogP contribution is -2.30. The first-order valence-electron chi connectivity index (χ1n) is 5.94. The number of rotatable bonds is 6. The Kier molecular flexibility index (Phi) is 5.65. The van der Waals surface area contributed by atoms with E-state index in [2.05, 4.69) is 5.43 Å². The van der Waals surface area contributed by atoms with E-state index >= 15 is 0 Å². The lowest BCUT2D eigenvalue weighted by Gasteiger charge is -2.20. The summed E-state index contributed by atoms with van der Waals surface area (Å²) in [5.74, 6) is 4.28. The van der Waals surface area contributed by atoms with E-state index in [0.29, 0.717) is 18.4 Å². The lowest BCUT2D eigenvalue weighted by molar-refractivity contribution is 0.106. The molecule has 5 heteroatoms. The van der Waals surface area contributed by atoms with Gasteiger partial charge in [-0.3, -0.25) is 11.3 Å². The van der Waals surface area contributed by atoms with E-state index in [1.807, 2.05) is 6.92 Å². The number of hydrogen-bond acceptors (Lipinski definition) is 3. The van der Waals surface area contributed by atoms with Crippen LogP contribution in [0.1, 0.15) is 36.9 Å². The largest absolute Gasteiger partial charge is 0.382 e. The van der Waals surface area contributed by atoms with E-state index in [4.69, 9.17) is 10.6 Å². The molecule has 1 aromatic rings. The fourth-order valence-electron chi connectivity index (χ4n) is 1.83. The molecular weight excluding hydrogens is 238 g/mol. The molecule has 0 saturated carbocycles. The van der Waals surface area contributed by atoms with E-state index < -0.39 is 17.7 Å². The standard InChI is InChI=1S/C13H20F2N2O/c1-8-4-6-10(14)12(13(8)15)11(17-16)7-5-9(2)18-3/h4,6,9,11,17H,5,7,16H2,1-3H3. The van der Waals surface area contributed by atoms with Crippen LogP contribution in [0, 0.1) is 18.6 Å². The predicted molar refractivity (Wildman–Crippen MR) is 66.9 cm³/mol. The molecule has 0 heterocycles. The number of halogens is 2. The zero-order chi connectivity index (χ0) is 13.7. The third kappa shape index (κ3) is 3.48. The maximum atomic E-state index is 13.9. The Balaban J connectivity index is 2.91. The fraction of sp³-hybridized carbons (Fsp3) is 0.538. The second-order valence-electron chi connectivity index (χ2n) is 4.43. The van der Waals surface area contributed by atoms with Crippen molar-refractivity contribution in [3.8, 4) is 0 Å². The number of methoxy groups -OCH3 is 1. The number of aryl methyl sites for hydroxylation is 1. The molecule has 3 nitrogen and oxygen atoms in total. The van der Waals surface area contributed by atoms with Crippen LogP contribution in [0.5, 0.6) is 0 Å². The van der Waals surface area contributed by atoms with Gasteiger partial charge in [0.1, 0.15) is 11.6 Å². The Morgan fingerprint density at radius 3 is 2.56 bits per heavy atom. The van der Waals surface area contributed by atoms with Gasteiger partial charge in [0.15, 0.2) is 0 Å². The van der Waals surface area contributed by atoms with Gasteiger partial charge in [0.25, 0.3) is 0 Å². The van der Waals surface area contributed by atoms with Crippen molar-refractivity contribution in [2.45, 2.75) is 38.8 Å². The first-order valence-corrected chi connectivity index (χ1v) is 5.94. The van der Waals surface area contributed by atoms with Gasteiger partial charge >= 0.3 is 0 Å². The van der Waals surface area contributed by atoms with Gasteiger partial charge in [-0.05, 0) is 38.3 Å². The molecular formula is C13H20F2N2O. The molecule has 2 unspecified atom stereocenters. The predicted octanol–water partition coefficient (Wildman–Crippen LogP) is 2.59. The van der Waals surface area contributed by atoms with Crippen molar-refractivity contribution >= 4 is 0 Å². The normalized spacial score (nSPS) is 14.6. The van der Waals surface area contributed by atoms with Crippen LogP contribution < -0.4 is 11.3 Å². The van der Waals surface area contributed by atoms with Crippen LogP contribution in [0.25, 0.3) is 0 Å². The van der Waals surface area contributed by atoms with Crippen molar-refractivity contribution in [3.05, 3.63) is 34.9 Å². The molecule has 1 rings (SSSR count). The monoisotopic (exact) mass is 258 g/mol. The fourth-order valence-corrected chi connectivity index (χ4v) is 1.83. The van der Waals surface area contributed by atoms with E-state index in [-0.39, 0.29) is 11.7 Å². The van der Waals surface area contributed by atoms with Gasteiger partial charge in [0, 0.05) is 12.7 Å². The lowest BCUT2D eigenvalue weighted by atomic mass is 9.98. The molecule has 0 aliphatic rings. The van der Waals surface area contributed by atoms with Crippen LogP contribution in [-0.2, 0) is 4.74 Å². The SMILES string of the molecule is COC(C)CCC(NN)c1c(F)ccc(C)c1F. The summed E-state index contributed by atoms with van der Waals surface area (Å²) in [6, 6.07) is 2.12. The Bertz CT molecular complexity index is 399. The van der Waals surface area contributed by atoms with Crippen LogP contribution in [0.2, 0.25) is 0 Å². The third-order valence-electron chi connectivity index (χ3n) is 3.13. The van der Waals surface area contributed by atoms with Crippen LogP contribution >= 0.6 is 0 Å². The van der Waals surface area contributed by atoms with Crippen LogP contribution in [0.15, 0.2) is 12.1 Å². The summed E-state index contributed by atoms with van der Waals surface area (Å²) in [6.07, 6.45) is 1.19. The van der Waals surface area contributed by atoms with Crippen molar-refractivity contribution in [2.24, 2.45) is 5.84 Å². The van der Waals surface area contributed by atoms with Gasteiger partial charge in [0.2, 0.25) is 0 Å². The van der Waals surface area contributed by atoms with E-state index in [1.165, 1.54) is 12.1 Å². The highest BCUT2D eigenvalue weighted by Gasteiger charge is 2.21. The van der Waals surface area contributed by atoms with Crippen molar-refractivity contribution in [1.82, 2.24) is 5.43 Å². The maximum Gasteiger partial charge on any atom is 0.133 e. The number of nitrogens with two attached hydrogens (primary N) is 1. The Hall–Kier alpha value is -1.04. The molecule has 0 amide bonds. The molecule has 2 atom stereocenters. The average Bonchev–Trinajstić information content (AvgIpc) is 2.37. The summed E-state index contributed by atoms with van der Waals surface area (Å²) in [4.78, 5) is 0. The van der Waals surface area contributed by atoms with Crippen molar-refractivity contribution in [1.29, 1.82) is 0 Å². The third-order valence-corrected chi connectivity index (χ3v) is 3.13. The van der Waals surface area contributed by atoms with Crippen LogP contribution in [0.4, 0.5) is 8.78 Å². The van der Waals surface area contributed by atoms with E-state index in [9.17, 15) is 8.78 Å².